The van der Waals surface area contributed by atoms with E-state index in [2.05, 4.69) is 21.6 Å². The minimum Gasteiger partial charge on any atom is -0.360 e. The normalized spacial score (nSPS) is 30.4. The summed E-state index contributed by atoms with van der Waals surface area (Å²) in [6, 6.07) is 0. The van der Waals surface area contributed by atoms with Gasteiger partial charge in [-0.25, -0.2) is 4.98 Å². The molecule has 0 spiro atoms. The highest BCUT2D eigenvalue weighted by Gasteiger charge is 2.32. The van der Waals surface area contributed by atoms with Crippen molar-refractivity contribution in [2.75, 3.05) is 11.9 Å². The van der Waals surface area contributed by atoms with Gasteiger partial charge in [-0.2, -0.15) is 4.37 Å². The maximum Gasteiger partial charge on any atom is 0.202 e. The van der Waals surface area contributed by atoms with E-state index in [0.29, 0.717) is 5.92 Å². The molecule has 1 N–H and O–H groups in total. The molecule has 0 saturated heterocycles. The molecule has 14 heavy (non-hydrogen) atoms. The lowest BCUT2D eigenvalue weighted by Gasteiger charge is -1.98. The number of rotatable bonds is 4. The molecule has 1 heterocycles. The minimum atomic E-state index is 0.682. The highest BCUT2D eigenvalue weighted by molar-refractivity contribution is 7.09. The summed E-state index contributed by atoms with van der Waals surface area (Å²) >= 11 is 1.52. The van der Waals surface area contributed by atoms with Crippen LogP contribution < -0.4 is 5.32 Å². The van der Waals surface area contributed by atoms with Crippen LogP contribution in [0.2, 0.25) is 0 Å². The largest absolute Gasteiger partial charge is 0.360 e. The van der Waals surface area contributed by atoms with Crippen LogP contribution in [0, 0.1) is 11.8 Å². The quantitative estimate of drug-likeness (QED) is 0.828. The lowest BCUT2D eigenvalue weighted by atomic mass is 10.3. The summed E-state index contributed by atoms with van der Waals surface area (Å²) in [7, 11) is 0. The van der Waals surface area contributed by atoms with Gasteiger partial charge in [0.15, 0.2) is 0 Å². The predicted octanol–water partition coefficient (Wildman–Crippen LogP) is 2.48. The first kappa shape index (κ1) is 8.65. The molecule has 2 unspecified atom stereocenters. The topological polar surface area (TPSA) is 37.8 Å². The molecule has 1 aromatic heterocycles. The summed E-state index contributed by atoms with van der Waals surface area (Å²) in [5, 5.41) is 4.40. The molecule has 0 aromatic carbocycles. The Morgan fingerprint density at radius 3 is 2.93 bits per heavy atom. The van der Waals surface area contributed by atoms with E-state index in [-0.39, 0.29) is 0 Å². The molecule has 2 saturated carbocycles. The van der Waals surface area contributed by atoms with Gasteiger partial charge in [-0.15, -0.1) is 0 Å². The number of anilines is 1. The zero-order valence-corrected chi connectivity index (χ0v) is 9.18. The van der Waals surface area contributed by atoms with Crippen LogP contribution in [0.15, 0.2) is 0 Å². The Labute approximate surface area is 88.1 Å². The summed E-state index contributed by atoms with van der Waals surface area (Å²) in [5.41, 5.74) is 0. The highest BCUT2D eigenvalue weighted by Crippen LogP contribution is 2.40. The van der Waals surface area contributed by atoms with Gasteiger partial charge in [-0.05, 0) is 31.1 Å². The van der Waals surface area contributed by atoms with Crippen molar-refractivity contribution in [1.29, 1.82) is 0 Å². The third-order valence-corrected chi connectivity index (χ3v) is 3.86. The summed E-state index contributed by atoms with van der Waals surface area (Å²) in [6.07, 6.45) is 3.95. The fraction of sp³-hybridized carbons (Fsp3) is 0.800. The Kier molecular flexibility index (Phi) is 1.97. The lowest BCUT2D eigenvalue weighted by molar-refractivity contribution is 0.785. The number of hydrogen-bond acceptors (Lipinski definition) is 4. The van der Waals surface area contributed by atoms with Crippen molar-refractivity contribution in [3.05, 3.63) is 5.82 Å². The van der Waals surface area contributed by atoms with Gasteiger partial charge in [0, 0.05) is 24.0 Å². The SMILES string of the molecule is CC1CC1CNc1nc(C2CC2)ns1. The van der Waals surface area contributed by atoms with E-state index in [1.165, 1.54) is 30.8 Å². The van der Waals surface area contributed by atoms with Crippen molar-refractivity contribution in [1.82, 2.24) is 9.36 Å². The van der Waals surface area contributed by atoms with Crippen LogP contribution in [0.4, 0.5) is 5.13 Å². The number of hydrogen-bond donors (Lipinski definition) is 1. The molecular formula is C10H15N3S. The van der Waals surface area contributed by atoms with Gasteiger partial charge in [0.05, 0.1) is 0 Å². The summed E-state index contributed by atoms with van der Waals surface area (Å²) in [5.74, 6) is 3.55. The molecule has 0 bridgehead atoms. The molecule has 2 aliphatic carbocycles. The van der Waals surface area contributed by atoms with E-state index in [0.717, 1.165) is 29.3 Å². The molecule has 0 amide bonds. The Morgan fingerprint density at radius 1 is 1.50 bits per heavy atom. The van der Waals surface area contributed by atoms with Crippen LogP contribution in [-0.2, 0) is 0 Å². The van der Waals surface area contributed by atoms with Crippen molar-refractivity contribution < 1.29 is 0 Å². The van der Waals surface area contributed by atoms with Crippen LogP contribution in [0.1, 0.15) is 37.9 Å². The minimum absolute atomic E-state index is 0.682. The molecule has 3 rings (SSSR count). The number of nitrogens with zero attached hydrogens (tertiary/aromatic N) is 2. The second-order valence-electron chi connectivity index (χ2n) is 4.59. The Bertz CT molecular complexity index is 332. The molecule has 2 aliphatic rings. The predicted molar refractivity (Wildman–Crippen MR) is 57.6 cm³/mol. The van der Waals surface area contributed by atoms with Gasteiger partial charge in [0.1, 0.15) is 5.82 Å². The first-order valence-corrected chi connectivity index (χ1v) is 6.18. The van der Waals surface area contributed by atoms with Crippen molar-refractivity contribution in [3.8, 4) is 0 Å². The van der Waals surface area contributed by atoms with Crippen LogP contribution in [0.5, 0.6) is 0 Å². The molecular weight excluding hydrogens is 194 g/mol. The maximum atomic E-state index is 4.49. The average Bonchev–Trinajstić information content (AvgIpc) is 3.08. The van der Waals surface area contributed by atoms with Crippen LogP contribution in [0.25, 0.3) is 0 Å². The van der Waals surface area contributed by atoms with E-state index in [1.54, 1.807) is 0 Å². The summed E-state index contributed by atoms with van der Waals surface area (Å²) in [6.45, 7) is 3.39. The van der Waals surface area contributed by atoms with Gasteiger partial charge in [0.25, 0.3) is 0 Å². The van der Waals surface area contributed by atoms with E-state index in [9.17, 15) is 0 Å². The van der Waals surface area contributed by atoms with Gasteiger partial charge < -0.3 is 5.32 Å². The van der Waals surface area contributed by atoms with Crippen molar-refractivity contribution in [2.24, 2.45) is 11.8 Å². The third kappa shape index (κ3) is 1.75. The molecule has 0 radical (unpaired) electrons. The zero-order chi connectivity index (χ0) is 9.54. The van der Waals surface area contributed by atoms with E-state index >= 15 is 0 Å². The zero-order valence-electron chi connectivity index (χ0n) is 8.36. The fourth-order valence-corrected chi connectivity index (χ4v) is 2.37. The van der Waals surface area contributed by atoms with Crippen LogP contribution in [-0.4, -0.2) is 15.9 Å². The first-order chi connectivity index (χ1) is 6.83. The first-order valence-electron chi connectivity index (χ1n) is 5.40. The fourth-order valence-electron chi connectivity index (χ4n) is 1.72. The van der Waals surface area contributed by atoms with Gasteiger partial charge in [-0.1, -0.05) is 6.92 Å². The molecule has 4 heteroatoms. The second-order valence-corrected chi connectivity index (χ2v) is 5.34. The van der Waals surface area contributed by atoms with Crippen molar-refractivity contribution >= 4 is 16.7 Å². The molecule has 1 aromatic rings. The molecule has 0 aliphatic heterocycles. The van der Waals surface area contributed by atoms with Crippen LogP contribution in [0.3, 0.4) is 0 Å². The molecule has 2 atom stereocenters. The third-order valence-electron chi connectivity index (χ3n) is 3.18. The highest BCUT2D eigenvalue weighted by atomic mass is 32.1. The Balaban J connectivity index is 1.54. The van der Waals surface area contributed by atoms with Gasteiger partial charge >= 0.3 is 0 Å². The standard InChI is InChI=1S/C10H15N3S/c1-6-4-8(6)5-11-10-12-9(13-14-10)7-2-3-7/h6-8H,2-5H2,1H3,(H,11,12,13). The smallest absolute Gasteiger partial charge is 0.202 e. The van der Waals surface area contributed by atoms with Gasteiger partial charge in [0.2, 0.25) is 5.13 Å². The Morgan fingerprint density at radius 2 is 2.29 bits per heavy atom. The van der Waals surface area contributed by atoms with Crippen molar-refractivity contribution in [2.45, 2.75) is 32.1 Å². The van der Waals surface area contributed by atoms with Gasteiger partial charge in [-0.3, -0.25) is 0 Å². The number of aromatic nitrogens is 2. The average molecular weight is 209 g/mol. The van der Waals surface area contributed by atoms with Crippen LogP contribution >= 0.6 is 11.5 Å². The van der Waals surface area contributed by atoms with E-state index < -0.39 is 0 Å². The van der Waals surface area contributed by atoms with E-state index in [1.807, 2.05) is 0 Å². The maximum absolute atomic E-state index is 4.49. The summed E-state index contributed by atoms with van der Waals surface area (Å²) in [4.78, 5) is 4.49. The molecule has 3 nitrogen and oxygen atoms in total. The summed E-state index contributed by atoms with van der Waals surface area (Å²) < 4.78 is 4.36. The molecule has 2 fully saturated rings. The molecule has 76 valence electrons. The lowest BCUT2D eigenvalue weighted by Crippen LogP contribution is -2.03. The Hall–Kier alpha value is -0.640. The monoisotopic (exact) mass is 209 g/mol. The second kappa shape index (κ2) is 3.19. The van der Waals surface area contributed by atoms with E-state index in [4.69, 9.17) is 0 Å². The van der Waals surface area contributed by atoms with Crippen molar-refractivity contribution in [3.63, 3.8) is 0 Å². The number of nitrogens with one attached hydrogen (secondary N) is 1.